The minimum absolute atomic E-state index is 0.0433. The van der Waals surface area contributed by atoms with Crippen molar-refractivity contribution in [2.45, 2.75) is 19.5 Å². The Morgan fingerprint density at radius 3 is 3.12 bits per heavy atom. The number of carbonyl (C=O) groups excluding carboxylic acids is 1. The first-order chi connectivity index (χ1) is 8.18. The molecule has 1 aliphatic rings. The number of hydrogen-bond donors (Lipinski definition) is 2. The molecule has 5 nitrogen and oxygen atoms in total. The van der Waals surface area contributed by atoms with Crippen molar-refractivity contribution in [1.82, 2.24) is 10.3 Å². The maximum absolute atomic E-state index is 11.8. The molecule has 0 spiro atoms. The average Bonchev–Trinajstić information content (AvgIpc) is 2.74. The fraction of sp³-hybridized carbons (Fsp3) is 0.500. The number of nitrogens with two attached hydrogens (primary N) is 1. The molecule has 0 aliphatic carbocycles. The van der Waals surface area contributed by atoms with Gasteiger partial charge in [0.05, 0.1) is 19.1 Å². The number of aromatic nitrogens is 1. The fourth-order valence-corrected chi connectivity index (χ4v) is 1.84. The normalized spacial score (nSPS) is 23.6. The lowest BCUT2D eigenvalue weighted by Gasteiger charge is -2.13. The van der Waals surface area contributed by atoms with Crippen molar-refractivity contribution in [1.29, 1.82) is 0 Å². The number of aryl methyl sites for hydroxylation is 1. The molecule has 2 atom stereocenters. The maximum Gasteiger partial charge on any atom is 0.227 e. The SMILES string of the molecule is Cc1ccncc1CNC(=O)C1COCC1N. The van der Waals surface area contributed by atoms with Gasteiger partial charge in [-0.3, -0.25) is 9.78 Å². The lowest BCUT2D eigenvalue weighted by atomic mass is 10.0. The van der Waals surface area contributed by atoms with Crippen LogP contribution in [0.2, 0.25) is 0 Å². The smallest absolute Gasteiger partial charge is 0.227 e. The number of ether oxygens (including phenoxy) is 1. The molecule has 1 aromatic rings. The van der Waals surface area contributed by atoms with Crippen molar-refractivity contribution in [3.8, 4) is 0 Å². The molecule has 2 rings (SSSR count). The standard InChI is InChI=1S/C12H17N3O2/c1-8-2-3-14-4-9(8)5-15-12(16)10-6-17-7-11(10)13/h2-4,10-11H,5-7,13H2,1H3,(H,15,16). The van der Waals surface area contributed by atoms with Crippen molar-refractivity contribution in [2.24, 2.45) is 11.7 Å². The van der Waals surface area contributed by atoms with E-state index >= 15 is 0 Å². The number of pyridine rings is 1. The molecule has 92 valence electrons. The van der Waals surface area contributed by atoms with Crippen LogP contribution in [0, 0.1) is 12.8 Å². The summed E-state index contributed by atoms with van der Waals surface area (Å²) in [5.74, 6) is -0.273. The summed E-state index contributed by atoms with van der Waals surface area (Å²) in [6.07, 6.45) is 3.50. The highest BCUT2D eigenvalue weighted by atomic mass is 16.5. The van der Waals surface area contributed by atoms with Crippen LogP contribution in [0.15, 0.2) is 18.5 Å². The molecule has 3 N–H and O–H groups in total. The zero-order chi connectivity index (χ0) is 12.3. The van der Waals surface area contributed by atoms with Crippen LogP contribution in [0.25, 0.3) is 0 Å². The van der Waals surface area contributed by atoms with E-state index in [1.807, 2.05) is 13.0 Å². The molecule has 0 aromatic carbocycles. The third-order valence-corrected chi connectivity index (χ3v) is 3.06. The molecule has 1 fully saturated rings. The fourth-order valence-electron chi connectivity index (χ4n) is 1.84. The summed E-state index contributed by atoms with van der Waals surface area (Å²) in [4.78, 5) is 15.9. The van der Waals surface area contributed by atoms with Gasteiger partial charge in [-0.2, -0.15) is 0 Å². The van der Waals surface area contributed by atoms with Crippen molar-refractivity contribution < 1.29 is 9.53 Å². The Morgan fingerprint density at radius 1 is 1.65 bits per heavy atom. The summed E-state index contributed by atoms with van der Waals surface area (Å²) in [6, 6.07) is 1.73. The van der Waals surface area contributed by atoms with Gasteiger partial charge in [0.1, 0.15) is 0 Å². The van der Waals surface area contributed by atoms with Crippen LogP contribution < -0.4 is 11.1 Å². The number of amides is 1. The minimum atomic E-state index is -0.230. The van der Waals surface area contributed by atoms with Gasteiger partial charge < -0.3 is 15.8 Å². The lowest BCUT2D eigenvalue weighted by Crippen LogP contribution is -2.40. The van der Waals surface area contributed by atoms with Crippen LogP contribution in [-0.4, -0.2) is 30.1 Å². The van der Waals surface area contributed by atoms with E-state index in [2.05, 4.69) is 10.3 Å². The van der Waals surface area contributed by atoms with Crippen LogP contribution in [0.3, 0.4) is 0 Å². The summed E-state index contributed by atoms with van der Waals surface area (Å²) in [5.41, 5.74) is 7.92. The number of hydrogen-bond acceptors (Lipinski definition) is 4. The second-order valence-electron chi connectivity index (χ2n) is 4.33. The van der Waals surface area contributed by atoms with Gasteiger partial charge in [0, 0.05) is 25.0 Å². The predicted molar refractivity (Wildman–Crippen MR) is 63.1 cm³/mol. The van der Waals surface area contributed by atoms with Gasteiger partial charge in [-0.05, 0) is 24.1 Å². The Bertz CT molecular complexity index is 408. The van der Waals surface area contributed by atoms with E-state index in [4.69, 9.17) is 10.5 Å². The first-order valence-electron chi connectivity index (χ1n) is 5.69. The molecule has 1 amide bonds. The van der Waals surface area contributed by atoms with Gasteiger partial charge in [0.25, 0.3) is 0 Å². The number of nitrogens with zero attached hydrogens (tertiary/aromatic N) is 1. The highest BCUT2D eigenvalue weighted by Gasteiger charge is 2.30. The summed E-state index contributed by atoms with van der Waals surface area (Å²) in [5, 5.41) is 2.87. The van der Waals surface area contributed by atoms with Crippen LogP contribution >= 0.6 is 0 Å². The second-order valence-corrected chi connectivity index (χ2v) is 4.33. The summed E-state index contributed by atoms with van der Waals surface area (Å²) < 4.78 is 5.17. The molecule has 0 saturated carbocycles. The second kappa shape index (κ2) is 5.25. The van der Waals surface area contributed by atoms with E-state index < -0.39 is 0 Å². The van der Waals surface area contributed by atoms with Crippen molar-refractivity contribution >= 4 is 5.91 Å². The molecule has 1 aromatic heterocycles. The summed E-state index contributed by atoms with van der Waals surface area (Å²) in [7, 11) is 0. The zero-order valence-corrected chi connectivity index (χ0v) is 9.85. The number of rotatable bonds is 3. The molecule has 0 radical (unpaired) electrons. The molecule has 1 saturated heterocycles. The molecule has 5 heteroatoms. The van der Waals surface area contributed by atoms with E-state index in [9.17, 15) is 4.79 Å². The molecule has 0 bridgehead atoms. The third-order valence-electron chi connectivity index (χ3n) is 3.06. The summed E-state index contributed by atoms with van der Waals surface area (Å²) >= 11 is 0. The van der Waals surface area contributed by atoms with Gasteiger partial charge in [0.15, 0.2) is 0 Å². The summed E-state index contributed by atoms with van der Waals surface area (Å²) in [6.45, 7) is 3.36. The van der Waals surface area contributed by atoms with Gasteiger partial charge in [0.2, 0.25) is 5.91 Å². The van der Waals surface area contributed by atoms with E-state index in [-0.39, 0.29) is 17.9 Å². The van der Waals surface area contributed by atoms with Crippen LogP contribution in [0.1, 0.15) is 11.1 Å². The van der Waals surface area contributed by atoms with E-state index in [1.54, 1.807) is 12.4 Å². The molecule has 1 aliphatic heterocycles. The number of nitrogens with one attached hydrogen (secondary N) is 1. The van der Waals surface area contributed by atoms with Gasteiger partial charge >= 0.3 is 0 Å². The monoisotopic (exact) mass is 235 g/mol. The van der Waals surface area contributed by atoms with E-state index in [1.165, 1.54) is 0 Å². The average molecular weight is 235 g/mol. The van der Waals surface area contributed by atoms with Gasteiger partial charge in [-0.1, -0.05) is 0 Å². The zero-order valence-electron chi connectivity index (χ0n) is 9.85. The molecular weight excluding hydrogens is 218 g/mol. The van der Waals surface area contributed by atoms with E-state index in [0.29, 0.717) is 19.8 Å². The van der Waals surface area contributed by atoms with Crippen molar-refractivity contribution in [2.75, 3.05) is 13.2 Å². The highest BCUT2D eigenvalue weighted by Crippen LogP contribution is 2.12. The largest absolute Gasteiger partial charge is 0.379 e. The third kappa shape index (κ3) is 2.81. The van der Waals surface area contributed by atoms with Crippen LogP contribution in [-0.2, 0) is 16.1 Å². The Kier molecular flexibility index (Phi) is 3.71. The van der Waals surface area contributed by atoms with E-state index in [0.717, 1.165) is 11.1 Å². The number of carbonyl (C=O) groups is 1. The van der Waals surface area contributed by atoms with Gasteiger partial charge in [-0.15, -0.1) is 0 Å². The quantitative estimate of drug-likeness (QED) is 0.772. The molecular formula is C12H17N3O2. The Labute approximate surface area is 100 Å². The first-order valence-corrected chi connectivity index (χ1v) is 5.69. The molecule has 2 heterocycles. The Morgan fingerprint density at radius 2 is 2.47 bits per heavy atom. The first kappa shape index (κ1) is 12.0. The van der Waals surface area contributed by atoms with Crippen molar-refractivity contribution in [3.05, 3.63) is 29.6 Å². The maximum atomic E-state index is 11.8. The van der Waals surface area contributed by atoms with Gasteiger partial charge in [-0.25, -0.2) is 0 Å². The van der Waals surface area contributed by atoms with Crippen LogP contribution in [0.4, 0.5) is 0 Å². The Balaban J connectivity index is 1.90. The minimum Gasteiger partial charge on any atom is -0.379 e. The lowest BCUT2D eigenvalue weighted by molar-refractivity contribution is -0.125. The highest BCUT2D eigenvalue weighted by molar-refractivity contribution is 5.79. The van der Waals surface area contributed by atoms with Crippen LogP contribution in [0.5, 0.6) is 0 Å². The molecule has 2 unspecified atom stereocenters. The topological polar surface area (TPSA) is 77.2 Å². The molecule has 17 heavy (non-hydrogen) atoms. The van der Waals surface area contributed by atoms with Crippen molar-refractivity contribution in [3.63, 3.8) is 0 Å². The predicted octanol–water partition coefficient (Wildman–Crippen LogP) is -0.0201. The Hall–Kier alpha value is -1.46.